The fourth-order valence-electron chi connectivity index (χ4n) is 7.64. The molecule has 1 saturated heterocycles. The number of nitriles is 1. The van der Waals surface area contributed by atoms with Crippen molar-refractivity contribution in [1.82, 2.24) is 29.5 Å². The largest absolute Gasteiger partial charge is 0.463 e. The summed E-state index contributed by atoms with van der Waals surface area (Å²) >= 11 is 6.84. The van der Waals surface area contributed by atoms with Crippen molar-refractivity contribution in [3.8, 4) is 12.1 Å². The Bertz CT molecular complexity index is 1780. The van der Waals surface area contributed by atoms with E-state index >= 15 is 0 Å². The number of anilines is 2. The van der Waals surface area contributed by atoms with E-state index in [1.165, 1.54) is 4.90 Å². The average molecular weight is 690 g/mol. The lowest BCUT2D eigenvalue weighted by molar-refractivity contribution is -0.0873. The van der Waals surface area contributed by atoms with Gasteiger partial charge in [-0.2, -0.15) is 20.3 Å². The summed E-state index contributed by atoms with van der Waals surface area (Å²) in [5.74, 6) is 0.773. The highest BCUT2D eigenvalue weighted by Gasteiger charge is 2.46. The molecule has 3 aliphatic heterocycles. The zero-order valence-corrected chi connectivity index (χ0v) is 29.3. The molecule has 1 spiro atoms. The highest BCUT2D eigenvalue weighted by molar-refractivity contribution is 6.34. The zero-order chi connectivity index (χ0) is 34.3. The van der Waals surface area contributed by atoms with Crippen molar-refractivity contribution < 1.29 is 19.0 Å². The van der Waals surface area contributed by atoms with Gasteiger partial charge in [-0.3, -0.25) is 14.4 Å². The fraction of sp³-hybridized carbons (Fsp3) is 0.571. The normalized spacial score (nSPS) is 22.1. The van der Waals surface area contributed by atoms with Gasteiger partial charge in [-0.25, -0.2) is 0 Å². The third-order valence-electron chi connectivity index (χ3n) is 10.3. The number of carbonyl (C=O) groups is 1. The quantitative estimate of drug-likeness (QED) is 0.285. The second-order valence-corrected chi connectivity index (χ2v) is 14.1. The van der Waals surface area contributed by atoms with E-state index in [1.807, 2.05) is 16.8 Å². The van der Waals surface area contributed by atoms with Crippen LogP contribution >= 0.6 is 11.6 Å². The third kappa shape index (κ3) is 6.31. The van der Waals surface area contributed by atoms with Crippen molar-refractivity contribution in [1.29, 1.82) is 5.26 Å². The molecule has 3 aromatic rings. The lowest BCUT2D eigenvalue weighted by Crippen LogP contribution is -2.42. The van der Waals surface area contributed by atoms with Crippen molar-refractivity contribution in [2.24, 2.45) is 0 Å². The van der Waals surface area contributed by atoms with Crippen LogP contribution in [0.2, 0.25) is 5.02 Å². The fourth-order valence-corrected chi connectivity index (χ4v) is 7.92. The SMILES string of the molecule is CC1CCC2(Cc3nc(OCCCN4CCOCC4)nc(N4CCCn5nc(C(=O)N(C)C)c(Cl)c5C4)c3CO2)c2c1ccc(N)c2C#N. The predicted octanol–water partition coefficient (Wildman–Crippen LogP) is 3.86. The molecular formula is C35H44ClN9O4. The summed E-state index contributed by atoms with van der Waals surface area (Å²) in [6, 6.07) is 6.58. The van der Waals surface area contributed by atoms with E-state index in [9.17, 15) is 10.1 Å². The molecule has 2 unspecified atom stereocenters. The van der Waals surface area contributed by atoms with E-state index in [0.717, 1.165) is 92.4 Å². The molecule has 14 heteroatoms. The molecule has 1 aliphatic carbocycles. The first-order valence-electron chi connectivity index (χ1n) is 17.2. The smallest absolute Gasteiger partial charge is 0.318 e. The van der Waals surface area contributed by atoms with E-state index < -0.39 is 5.60 Å². The molecule has 4 aliphatic rings. The minimum Gasteiger partial charge on any atom is -0.463 e. The van der Waals surface area contributed by atoms with E-state index in [4.69, 9.17) is 41.5 Å². The summed E-state index contributed by atoms with van der Waals surface area (Å²) in [6.45, 7) is 8.93. The van der Waals surface area contributed by atoms with Crippen molar-refractivity contribution in [2.45, 2.75) is 70.2 Å². The molecule has 2 atom stereocenters. The monoisotopic (exact) mass is 689 g/mol. The molecule has 49 heavy (non-hydrogen) atoms. The van der Waals surface area contributed by atoms with Gasteiger partial charge in [0.2, 0.25) is 0 Å². The zero-order valence-electron chi connectivity index (χ0n) is 28.5. The van der Waals surface area contributed by atoms with Crippen LogP contribution in [0.1, 0.15) is 82.7 Å². The number of hydrogen-bond donors (Lipinski definition) is 1. The van der Waals surface area contributed by atoms with Crippen molar-refractivity contribution in [3.05, 3.63) is 56.5 Å². The van der Waals surface area contributed by atoms with Gasteiger partial charge in [0.05, 0.1) is 54.9 Å². The molecule has 0 radical (unpaired) electrons. The molecule has 1 amide bonds. The summed E-state index contributed by atoms with van der Waals surface area (Å²) in [5.41, 5.74) is 11.3. The maximum absolute atomic E-state index is 12.9. The molecule has 13 nitrogen and oxygen atoms in total. The summed E-state index contributed by atoms with van der Waals surface area (Å²) < 4.78 is 20.5. The van der Waals surface area contributed by atoms with Crippen molar-refractivity contribution in [3.63, 3.8) is 0 Å². The van der Waals surface area contributed by atoms with Gasteiger partial charge >= 0.3 is 6.01 Å². The second-order valence-electron chi connectivity index (χ2n) is 13.7. The molecule has 260 valence electrons. The van der Waals surface area contributed by atoms with Gasteiger partial charge in [0.1, 0.15) is 17.5 Å². The maximum atomic E-state index is 12.9. The second kappa shape index (κ2) is 13.7. The molecule has 1 aromatic carbocycles. The van der Waals surface area contributed by atoms with Gasteiger partial charge in [0, 0.05) is 70.1 Å². The molecule has 2 N–H and O–H groups in total. The van der Waals surface area contributed by atoms with Crippen LogP contribution < -0.4 is 15.4 Å². The number of benzene rings is 1. The number of nitrogens with zero attached hydrogens (tertiary/aromatic N) is 8. The summed E-state index contributed by atoms with van der Waals surface area (Å²) in [6.07, 6.45) is 3.74. The first kappa shape index (κ1) is 33.5. The Labute approximate surface area is 291 Å². The van der Waals surface area contributed by atoms with Gasteiger partial charge in [-0.15, -0.1) is 0 Å². The minimum atomic E-state index is -0.739. The van der Waals surface area contributed by atoms with Gasteiger partial charge in [0.15, 0.2) is 5.69 Å². The number of morpholine rings is 1. The Kier molecular flexibility index (Phi) is 9.41. The summed E-state index contributed by atoms with van der Waals surface area (Å²) in [5, 5.41) is 15.2. The van der Waals surface area contributed by atoms with Gasteiger partial charge in [-0.05, 0) is 43.2 Å². The van der Waals surface area contributed by atoms with Crippen LogP contribution in [0.3, 0.4) is 0 Å². The number of nitrogens with two attached hydrogens (primary N) is 1. The summed E-state index contributed by atoms with van der Waals surface area (Å²) in [7, 11) is 3.38. The molecule has 7 rings (SSSR count). The van der Waals surface area contributed by atoms with Gasteiger partial charge in [0.25, 0.3) is 5.91 Å². The van der Waals surface area contributed by atoms with Crippen LogP contribution in [-0.2, 0) is 41.2 Å². The highest BCUT2D eigenvalue weighted by atomic mass is 35.5. The minimum absolute atomic E-state index is 0.234. The highest BCUT2D eigenvalue weighted by Crippen LogP contribution is 2.51. The number of carbonyl (C=O) groups excluding carboxylic acids is 1. The summed E-state index contributed by atoms with van der Waals surface area (Å²) in [4.78, 5) is 28.9. The number of ether oxygens (including phenoxy) is 3. The number of aryl methyl sites for hydroxylation is 1. The first-order valence-corrected chi connectivity index (χ1v) is 17.6. The van der Waals surface area contributed by atoms with Crippen LogP contribution in [0.15, 0.2) is 12.1 Å². The number of aromatic nitrogens is 4. The molecular weight excluding hydrogens is 646 g/mol. The molecule has 0 bridgehead atoms. The first-order chi connectivity index (χ1) is 23.7. The Morgan fingerprint density at radius 3 is 2.82 bits per heavy atom. The van der Waals surface area contributed by atoms with E-state index in [0.29, 0.717) is 54.9 Å². The Hall–Kier alpha value is -3.96. The number of nitrogen functional groups attached to an aromatic ring is 1. The lowest BCUT2D eigenvalue weighted by atomic mass is 9.69. The van der Waals surface area contributed by atoms with Crippen LogP contribution in [0.25, 0.3) is 0 Å². The number of rotatable bonds is 7. The van der Waals surface area contributed by atoms with Crippen molar-refractivity contribution >= 4 is 29.0 Å². The van der Waals surface area contributed by atoms with E-state index in [-0.39, 0.29) is 24.1 Å². The van der Waals surface area contributed by atoms with E-state index in [2.05, 4.69) is 27.9 Å². The van der Waals surface area contributed by atoms with Crippen LogP contribution in [0, 0.1) is 11.3 Å². The molecule has 2 aromatic heterocycles. The van der Waals surface area contributed by atoms with Crippen LogP contribution in [-0.4, -0.2) is 95.6 Å². The number of hydrogen-bond acceptors (Lipinski definition) is 11. The van der Waals surface area contributed by atoms with Gasteiger partial charge in [-0.1, -0.05) is 24.6 Å². The Balaban J connectivity index is 1.24. The van der Waals surface area contributed by atoms with Gasteiger partial charge < -0.3 is 29.7 Å². The molecule has 5 heterocycles. The third-order valence-corrected chi connectivity index (χ3v) is 10.7. The van der Waals surface area contributed by atoms with E-state index in [1.54, 1.807) is 14.1 Å². The maximum Gasteiger partial charge on any atom is 0.318 e. The average Bonchev–Trinajstić information content (AvgIpc) is 3.26. The lowest BCUT2D eigenvalue weighted by Gasteiger charge is -2.45. The topological polar surface area (TPSA) is 148 Å². The number of halogens is 1. The standard InChI is InChI=1S/C35H44ClN9O4/c1-22-8-9-35(29-23(22)6-7-26(38)24(29)19-37)18-27-25(21-49-35)32(40-34(39-27)48-15-5-10-43-13-16-47-17-14-43)44-11-4-12-45-28(20-44)30(36)31(41-45)33(46)42(2)3/h6-7,22H,4-5,8-18,20-21,38H2,1-3H3. The molecule has 0 saturated carbocycles. The number of amides is 1. The van der Waals surface area contributed by atoms with Crippen molar-refractivity contribution in [2.75, 3.05) is 70.7 Å². The Morgan fingerprint density at radius 1 is 1.22 bits per heavy atom. The Morgan fingerprint density at radius 2 is 2.04 bits per heavy atom. The van der Waals surface area contributed by atoms with Crippen LogP contribution in [0.4, 0.5) is 11.5 Å². The van der Waals surface area contributed by atoms with Crippen LogP contribution in [0.5, 0.6) is 6.01 Å². The predicted molar refractivity (Wildman–Crippen MR) is 184 cm³/mol. The number of fused-ring (bicyclic) bond motifs is 4. The molecule has 1 fully saturated rings.